The van der Waals surface area contributed by atoms with Gasteiger partial charge in [0.1, 0.15) is 5.75 Å². The van der Waals surface area contributed by atoms with Gasteiger partial charge < -0.3 is 15.0 Å². The highest BCUT2D eigenvalue weighted by Crippen LogP contribution is 2.28. The molecular formula is C18H29ClN2O2. The van der Waals surface area contributed by atoms with E-state index in [0.717, 1.165) is 49.5 Å². The van der Waals surface area contributed by atoms with Crippen LogP contribution in [0.3, 0.4) is 0 Å². The fraction of sp³-hybridized carbons (Fsp3) is 0.611. The van der Waals surface area contributed by atoms with Crippen molar-refractivity contribution in [2.24, 2.45) is 0 Å². The number of amides is 1. The number of rotatable bonds is 4. The minimum atomic E-state index is -0.447. The molecule has 1 unspecified atom stereocenters. The molecule has 23 heavy (non-hydrogen) atoms. The van der Waals surface area contributed by atoms with Crippen molar-refractivity contribution >= 4 is 18.3 Å². The van der Waals surface area contributed by atoms with Crippen molar-refractivity contribution in [3.8, 4) is 5.75 Å². The summed E-state index contributed by atoms with van der Waals surface area (Å²) in [7, 11) is 0. The summed E-state index contributed by atoms with van der Waals surface area (Å²) in [6.45, 7) is 11.6. The van der Waals surface area contributed by atoms with Crippen molar-refractivity contribution in [3.05, 3.63) is 29.3 Å². The molecule has 0 aromatic heterocycles. The lowest BCUT2D eigenvalue weighted by Crippen LogP contribution is -2.42. The molecule has 4 nitrogen and oxygen atoms in total. The molecule has 130 valence electrons. The second kappa shape index (κ2) is 9.14. The summed E-state index contributed by atoms with van der Waals surface area (Å²) in [5.74, 6) is 1.30. The van der Waals surface area contributed by atoms with Crippen LogP contribution >= 0.6 is 12.4 Å². The first-order valence-corrected chi connectivity index (χ1v) is 8.25. The Balaban J connectivity index is 0.00000264. The van der Waals surface area contributed by atoms with Gasteiger partial charge in [0.2, 0.25) is 0 Å². The van der Waals surface area contributed by atoms with E-state index < -0.39 is 6.10 Å². The Labute approximate surface area is 146 Å². The van der Waals surface area contributed by atoms with E-state index in [-0.39, 0.29) is 18.3 Å². The quantitative estimate of drug-likeness (QED) is 0.915. The smallest absolute Gasteiger partial charge is 0.263 e. The van der Waals surface area contributed by atoms with Gasteiger partial charge in [-0.3, -0.25) is 4.79 Å². The first kappa shape index (κ1) is 19.8. The lowest BCUT2D eigenvalue weighted by atomic mass is 10.0. The van der Waals surface area contributed by atoms with E-state index >= 15 is 0 Å². The summed E-state index contributed by atoms with van der Waals surface area (Å²) in [5, 5.41) is 3.32. The molecule has 0 spiro atoms. The van der Waals surface area contributed by atoms with Crippen molar-refractivity contribution in [1.29, 1.82) is 0 Å². The average molecular weight is 341 g/mol. The lowest BCUT2D eigenvalue weighted by molar-refractivity contribution is -0.137. The summed E-state index contributed by atoms with van der Waals surface area (Å²) in [4.78, 5) is 14.5. The van der Waals surface area contributed by atoms with Crippen LogP contribution in [0.5, 0.6) is 5.75 Å². The third-order valence-corrected chi connectivity index (χ3v) is 4.09. The van der Waals surface area contributed by atoms with Crippen LogP contribution in [0.4, 0.5) is 0 Å². The molecule has 1 fully saturated rings. The fourth-order valence-corrected chi connectivity index (χ4v) is 2.78. The van der Waals surface area contributed by atoms with Crippen molar-refractivity contribution in [2.75, 3.05) is 26.2 Å². The number of aryl methyl sites for hydroxylation is 1. The Morgan fingerprint density at radius 2 is 1.96 bits per heavy atom. The van der Waals surface area contributed by atoms with Crippen molar-refractivity contribution in [1.82, 2.24) is 10.2 Å². The number of halogens is 1. The van der Waals surface area contributed by atoms with E-state index in [1.165, 1.54) is 0 Å². The minimum absolute atomic E-state index is 0. The first-order chi connectivity index (χ1) is 10.5. The van der Waals surface area contributed by atoms with Crippen LogP contribution in [-0.4, -0.2) is 43.1 Å². The minimum Gasteiger partial charge on any atom is -0.481 e. The number of carbonyl (C=O) groups is 1. The molecule has 0 saturated carbocycles. The zero-order valence-electron chi connectivity index (χ0n) is 14.6. The van der Waals surface area contributed by atoms with E-state index in [0.29, 0.717) is 5.92 Å². The van der Waals surface area contributed by atoms with Gasteiger partial charge in [-0.1, -0.05) is 26.0 Å². The van der Waals surface area contributed by atoms with Crippen LogP contribution in [0.2, 0.25) is 0 Å². The SMILES string of the molecule is Cc1ccc(C(C)C)c(OC(C)C(=O)N2CCCNCC2)c1.Cl. The Morgan fingerprint density at radius 3 is 2.65 bits per heavy atom. The molecule has 1 aromatic carbocycles. The van der Waals surface area contributed by atoms with Gasteiger partial charge in [-0.05, 0) is 49.9 Å². The first-order valence-electron chi connectivity index (χ1n) is 8.25. The highest BCUT2D eigenvalue weighted by molar-refractivity contribution is 5.85. The molecule has 1 amide bonds. The zero-order chi connectivity index (χ0) is 16.1. The zero-order valence-corrected chi connectivity index (χ0v) is 15.4. The molecular weight excluding hydrogens is 312 g/mol. The van der Waals surface area contributed by atoms with E-state index in [9.17, 15) is 4.79 Å². The lowest BCUT2D eigenvalue weighted by Gasteiger charge is -2.25. The van der Waals surface area contributed by atoms with Gasteiger partial charge in [0.05, 0.1) is 0 Å². The Morgan fingerprint density at radius 1 is 1.22 bits per heavy atom. The van der Waals surface area contributed by atoms with Gasteiger partial charge in [-0.25, -0.2) is 0 Å². The van der Waals surface area contributed by atoms with Gasteiger partial charge in [-0.15, -0.1) is 12.4 Å². The van der Waals surface area contributed by atoms with E-state index in [1.807, 2.05) is 24.8 Å². The van der Waals surface area contributed by atoms with Crippen LogP contribution in [0.1, 0.15) is 44.2 Å². The molecule has 5 heteroatoms. The molecule has 1 aliphatic rings. The third-order valence-electron chi connectivity index (χ3n) is 4.09. The average Bonchev–Trinajstić information content (AvgIpc) is 2.75. The van der Waals surface area contributed by atoms with Crippen LogP contribution in [-0.2, 0) is 4.79 Å². The number of nitrogens with zero attached hydrogens (tertiary/aromatic N) is 1. The maximum atomic E-state index is 12.6. The molecule has 1 N–H and O–H groups in total. The Bertz CT molecular complexity index is 512. The third kappa shape index (κ3) is 5.40. The highest BCUT2D eigenvalue weighted by Gasteiger charge is 2.23. The van der Waals surface area contributed by atoms with Gasteiger partial charge in [0.25, 0.3) is 5.91 Å². The normalized spacial score (nSPS) is 16.5. The molecule has 1 aromatic rings. The summed E-state index contributed by atoms with van der Waals surface area (Å²) in [6.07, 6.45) is 0.553. The summed E-state index contributed by atoms with van der Waals surface area (Å²) < 4.78 is 6.03. The number of hydrogen-bond donors (Lipinski definition) is 1. The topological polar surface area (TPSA) is 41.6 Å². The van der Waals surface area contributed by atoms with Gasteiger partial charge >= 0.3 is 0 Å². The van der Waals surface area contributed by atoms with Crippen molar-refractivity contribution in [2.45, 2.75) is 46.1 Å². The maximum absolute atomic E-state index is 12.6. The second-order valence-electron chi connectivity index (χ2n) is 6.38. The van der Waals surface area contributed by atoms with E-state index in [2.05, 4.69) is 31.3 Å². The predicted molar refractivity (Wildman–Crippen MR) is 96.7 cm³/mol. The summed E-state index contributed by atoms with van der Waals surface area (Å²) in [6, 6.07) is 6.22. The van der Waals surface area contributed by atoms with Crippen molar-refractivity contribution < 1.29 is 9.53 Å². The molecule has 1 aliphatic heterocycles. The molecule has 0 bridgehead atoms. The van der Waals surface area contributed by atoms with Crippen LogP contribution < -0.4 is 10.1 Å². The highest BCUT2D eigenvalue weighted by atomic mass is 35.5. The van der Waals surface area contributed by atoms with Crippen LogP contribution in [0.15, 0.2) is 18.2 Å². The predicted octanol–water partition coefficient (Wildman–Crippen LogP) is 3.13. The monoisotopic (exact) mass is 340 g/mol. The number of benzene rings is 1. The summed E-state index contributed by atoms with van der Waals surface area (Å²) >= 11 is 0. The second-order valence-corrected chi connectivity index (χ2v) is 6.38. The van der Waals surface area contributed by atoms with E-state index in [4.69, 9.17) is 4.74 Å². The number of nitrogens with one attached hydrogen (secondary N) is 1. The molecule has 1 heterocycles. The maximum Gasteiger partial charge on any atom is 0.263 e. The van der Waals surface area contributed by atoms with Gasteiger partial charge in [0, 0.05) is 19.6 Å². The number of hydrogen-bond acceptors (Lipinski definition) is 3. The standard InChI is InChI=1S/C18H28N2O2.ClH/c1-13(2)16-7-6-14(3)12-17(16)22-15(4)18(21)20-10-5-8-19-9-11-20;/h6-7,12-13,15,19H,5,8-11H2,1-4H3;1H. The van der Waals surface area contributed by atoms with E-state index in [1.54, 1.807) is 0 Å². The van der Waals surface area contributed by atoms with Gasteiger partial charge in [-0.2, -0.15) is 0 Å². The molecule has 1 saturated heterocycles. The molecule has 2 rings (SSSR count). The van der Waals surface area contributed by atoms with Crippen LogP contribution in [0, 0.1) is 6.92 Å². The number of carbonyl (C=O) groups excluding carboxylic acids is 1. The Hall–Kier alpha value is -1.26. The summed E-state index contributed by atoms with van der Waals surface area (Å²) in [5.41, 5.74) is 2.31. The van der Waals surface area contributed by atoms with Crippen molar-refractivity contribution in [3.63, 3.8) is 0 Å². The number of ether oxygens (including phenoxy) is 1. The Kier molecular flexibility index (Phi) is 7.86. The molecule has 0 aliphatic carbocycles. The molecule has 0 radical (unpaired) electrons. The molecule has 1 atom stereocenters. The fourth-order valence-electron chi connectivity index (χ4n) is 2.78. The largest absolute Gasteiger partial charge is 0.481 e. The van der Waals surface area contributed by atoms with Gasteiger partial charge in [0.15, 0.2) is 6.10 Å². The van der Waals surface area contributed by atoms with Crippen LogP contribution in [0.25, 0.3) is 0 Å².